The Kier molecular flexibility index (Phi) is 14.7. The fraction of sp³-hybridized carbons (Fsp3) is 0.0667. The molecule has 14 aromatic carbocycles. The van der Waals surface area contributed by atoms with Crippen LogP contribution >= 0.6 is 15.9 Å². The van der Waals surface area contributed by atoms with Crippen molar-refractivity contribution in [2.75, 3.05) is 0 Å². The summed E-state index contributed by atoms with van der Waals surface area (Å²) >= 11 is 3.48. The van der Waals surface area contributed by atoms with Crippen LogP contribution in [0.3, 0.4) is 0 Å². The van der Waals surface area contributed by atoms with Crippen LogP contribution in [0.25, 0.3) is 165 Å². The zero-order valence-corrected chi connectivity index (χ0v) is 62.9. The molecule has 0 atom stereocenters. The van der Waals surface area contributed by atoms with Crippen molar-refractivity contribution in [1.29, 1.82) is 0 Å². The van der Waals surface area contributed by atoms with Crippen molar-refractivity contribution in [2.45, 2.75) is 58.5 Å². The Morgan fingerprint density at radius 3 is 1.07 bits per heavy atom. The van der Waals surface area contributed by atoms with Crippen LogP contribution in [0.5, 0.6) is 0 Å². The minimum Gasteiger partial charge on any atom is -1.00 e. The van der Waals surface area contributed by atoms with E-state index in [9.17, 15) is 16.8 Å². The van der Waals surface area contributed by atoms with Crippen molar-refractivity contribution in [3.8, 4) is 44.8 Å². The molecule has 0 amide bonds. The van der Waals surface area contributed by atoms with Crippen molar-refractivity contribution in [1.82, 2.24) is 17.9 Å². The van der Waals surface area contributed by atoms with Gasteiger partial charge in [0.1, 0.15) is 0 Å². The monoisotopic (exact) mass is 1590 g/mol. The van der Waals surface area contributed by atoms with Crippen LogP contribution in [0.4, 0.5) is 4.70 Å². The van der Waals surface area contributed by atoms with E-state index in [4.69, 9.17) is 9.31 Å². The quantitative estimate of drug-likeness (QED) is 0.128. The first kappa shape index (κ1) is 66.0. The highest BCUT2D eigenvalue weighted by Gasteiger charge is 2.52. The number of hydrogen-bond acceptors (Lipinski definition) is 6. The van der Waals surface area contributed by atoms with Crippen LogP contribution in [0.15, 0.2) is 315 Å². The van der Waals surface area contributed by atoms with E-state index in [1.54, 1.807) is 30.3 Å². The van der Waals surface area contributed by atoms with Crippen molar-refractivity contribution in [3.05, 3.63) is 296 Å². The summed E-state index contributed by atoms with van der Waals surface area (Å²) < 4.78 is 76.2. The molecule has 106 heavy (non-hydrogen) atoms. The molecule has 0 unspecified atom stereocenters. The van der Waals surface area contributed by atoms with Gasteiger partial charge in [-0.1, -0.05) is 186 Å². The first-order chi connectivity index (χ1) is 50.5. The third-order valence-electron chi connectivity index (χ3n) is 22.6. The summed E-state index contributed by atoms with van der Waals surface area (Å²) in [5.41, 5.74) is 19.1. The molecule has 0 N–H and O–H groups in total. The number of para-hydroxylation sites is 8. The number of benzene rings is 14. The lowest BCUT2D eigenvalue weighted by molar-refractivity contribution is -0.0000277. The maximum atomic E-state index is 13.8. The predicted octanol–water partition coefficient (Wildman–Crippen LogP) is 19.1. The van der Waals surface area contributed by atoms with Crippen LogP contribution in [0.2, 0.25) is 0 Å². The molecule has 0 bridgehead atoms. The largest absolute Gasteiger partial charge is 1.00 e. The van der Waals surface area contributed by atoms with E-state index in [0.717, 1.165) is 76.8 Å². The standard InChI is InChI=1S/C42H24N2O2S.C24H22BNO2.C24H14BrNO2S.FH.HI/c45-47(46)40-20-17-26(25-16-19-39-33(22-25)32-12-7-11-31-30-10-3-6-15-38(30)44(39)42(31)32)23-34(40)35-24-27(18-21-41(35)47)43-36-13-4-1-8-28(36)29-9-2-5-14-37(29)43;1-23(2)24(3,4)28-25(27-23)15-12-13-21-19(14-15)18-10-7-9-17-16-8-5-6-11-20(16)26(21)22(17)18;25-15-9-11-23-19(13-15)20-14-16(10-12-24(20)29(23,27)28)26-21-7-3-1-5-17(21)18-6-2-4-8-22(18)26;;/h1-24H;5-14H,1-4H3;1-14H;2*1H/p-1. The highest BCUT2D eigenvalue weighted by molar-refractivity contribution is 9.10. The summed E-state index contributed by atoms with van der Waals surface area (Å²) in [4.78, 5) is 1.47. The summed E-state index contributed by atoms with van der Waals surface area (Å²) in [5, 5.41) is 14.8. The molecule has 23 rings (SSSR count). The first-order valence-electron chi connectivity index (χ1n) is 34.9. The van der Waals surface area contributed by atoms with E-state index in [1.165, 1.54) is 97.7 Å². The molecule has 0 radical (unpaired) electrons. The molecule has 3 aliphatic rings. The molecule has 1 fully saturated rings. The maximum Gasteiger partial charge on any atom is 0.494 e. The van der Waals surface area contributed by atoms with E-state index in [-0.39, 0.29) is 47.0 Å². The van der Waals surface area contributed by atoms with E-state index in [2.05, 4.69) is 250 Å². The molecule has 3 aliphatic heterocycles. The Hall–Kier alpha value is -10.7. The van der Waals surface area contributed by atoms with Gasteiger partial charge in [0.15, 0.2) is 0 Å². The average Bonchev–Trinajstić information content (AvgIpc) is 1.55. The van der Waals surface area contributed by atoms with Gasteiger partial charge >= 0.3 is 7.12 Å². The number of hydrogen-bond donors (Lipinski definition) is 0. The second kappa shape index (κ2) is 23.7. The molecule has 20 aromatic rings. The zero-order valence-electron chi connectivity index (χ0n) is 57.5. The lowest BCUT2D eigenvalue weighted by Gasteiger charge is -2.32. The van der Waals surface area contributed by atoms with E-state index >= 15 is 0 Å². The Morgan fingerprint density at radius 1 is 0.311 bits per heavy atom. The van der Waals surface area contributed by atoms with E-state index in [0.29, 0.717) is 19.6 Å². The van der Waals surface area contributed by atoms with Crippen molar-refractivity contribution >= 4 is 168 Å². The lowest BCUT2D eigenvalue weighted by atomic mass is 9.78. The fourth-order valence-corrected chi connectivity index (χ4v) is 20.8. The second-order valence-corrected chi connectivity index (χ2v) is 33.4. The Bertz CT molecular complexity index is 7280. The molecule has 0 spiro atoms. The highest BCUT2D eigenvalue weighted by atomic mass is 127. The third-order valence-corrected chi connectivity index (χ3v) is 26.8. The molecule has 9 heterocycles. The van der Waals surface area contributed by atoms with Crippen molar-refractivity contribution < 1.29 is 54.8 Å². The van der Waals surface area contributed by atoms with Crippen LogP contribution in [-0.4, -0.2) is 53.1 Å². The smallest absolute Gasteiger partial charge is 0.494 e. The Morgan fingerprint density at radius 2 is 0.623 bits per heavy atom. The number of rotatable bonds is 4. The SMILES string of the molecule is CC1(C)OB(c2ccc3c(c2)c2cccc4c5ccccc5n3c42)OC1(C)C.F.O=S1(=O)c2ccc(-c3ccc4c(c3)c3cccc5c6ccccc6n4c53)cc2-c2cc(-n3c4ccccc4c4ccccc43)ccc21.O=S1(=O)c2ccc(Br)cc2-c2cc(-n3c4ccccc4c4ccccc43)ccc21.[I-]. The van der Waals surface area contributed by atoms with Gasteiger partial charge in [0.25, 0.3) is 0 Å². The second-order valence-electron chi connectivity index (χ2n) is 28.7. The van der Waals surface area contributed by atoms with Crippen LogP contribution in [-0.2, 0) is 29.0 Å². The van der Waals surface area contributed by atoms with Crippen molar-refractivity contribution in [3.63, 3.8) is 0 Å². The molecule has 6 aromatic heterocycles. The van der Waals surface area contributed by atoms with Gasteiger partial charge in [0, 0.05) is 103 Å². The van der Waals surface area contributed by atoms with Gasteiger partial charge in [-0.25, -0.2) is 16.8 Å². The Labute approximate surface area is 634 Å². The van der Waals surface area contributed by atoms with Gasteiger partial charge in [0.05, 0.1) is 86.0 Å². The lowest BCUT2D eigenvalue weighted by Crippen LogP contribution is -3.00. The van der Waals surface area contributed by atoms with Crippen LogP contribution in [0, 0.1) is 0 Å². The number of sulfone groups is 2. The molecular formula is C90H61BBrFIN4O6S2-. The maximum absolute atomic E-state index is 13.8. The summed E-state index contributed by atoms with van der Waals surface area (Å²) in [6.45, 7) is 8.38. The van der Waals surface area contributed by atoms with Gasteiger partial charge in [-0.05, 0) is 166 Å². The first-order valence-corrected chi connectivity index (χ1v) is 38.7. The summed E-state index contributed by atoms with van der Waals surface area (Å²) in [5.74, 6) is 0. The van der Waals surface area contributed by atoms with Gasteiger partial charge in [-0.15, -0.1) is 0 Å². The van der Waals surface area contributed by atoms with Gasteiger partial charge in [-0.3, -0.25) is 4.70 Å². The van der Waals surface area contributed by atoms with Gasteiger partial charge < -0.3 is 51.2 Å². The summed E-state index contributed by atoms with van der Waals surface area (Å²) in [6.07, 6.45) is 0. The number of aromatic nitrogens is 4. The topological polar surface area (TPSA) is 105 Å². The summed E-state index contributed by atoms with van der Waals surface area (Å²) in [7, 11) is -7.46. The molecular weight excluding hydrogens is 1530 g/mol. The highest BCUT2D eigenvalue weighted by Crippen LogP contribution is 2.50. The molecule has 0 saturated carbocycles. The molecule has 0 aliphatic carbocycles. The van der Waals surface area contributed by atoms with Crippen LogP contribution < -0.4 is 29.4 Å². The average molecular weight is 1600 g/mol. The van der Waals surface area contributed by atoms with Crippen LogP contribution in [0.1, 0.15) is 27.7 Å². The van der Waals surface area contributed by atoms with Gasteiger partial charge in [0.2, 0.25) is 19.7 Å². The van der Waals surface area contributed by atoms with E-state index < -0.39 is 19.7 Å². The molecule has 10 nitrogen and oxygen atoms in total. The molecule has 1 saturated heterocycles. The summed E-state index contributed by atoms with van der Waals surface area (Å²) in [6, 6.07) is 99.4. The fourth-order valence-electron chi connectivity index (χ4n) is 17.1. The number of halogens is 3. The minimum atomic E-state index is -3.63. The number of fused-ring (bicyclic) bond motifs is 24. The van der Waals surface area contributed by atoms with Crippen molar-refractivity contribution in [2.24, 2.45) is 0 Å². The zero-order chi connectivity index (χ0) is 70.0. The van der Waals surface area contributed by atoms with Gasteiger partial charge in [-0.2, -0.15) is 0 Å². The van der Waals surface area contributed by atoms with E-state index in [1.807, 2.05) is 72.8 Å². The number of nitrogens with zero attached hydrogens (tertiary/aromatic N) is 4. The molecule has 16 heteroatoms. The Balaban J connectivity index is 0.000000114. The minimum absolute atomic E-state index is 0. The third kappa shape index (κ3) is 9.30. The molecule has 514 valence electrons. The normalized spacial score (nSPS) is 15.0. The predicted molar refractivity (Wildman–Crippen MR) is 430 cm³/mol.